The zero-order chi connectivity index (χ0) is 12.8. The van der Waals surface area contributed by atoms with Crippen molar-refractivity contribution in [3.63, 3.8) is 0 Å². The highest BCUT2D eigenvalue weighted by Crippen LogP contribution is 2.30. The van der Waals surface area contributed by atoms with E-state index in [1.807, 2.05) is 11.8 Å². The first-order chi connectivity index (χ1) is 8.83. The summed E-state index contributed by atoms with van der Waals surface area (Å²) < 4.78 is 0. The zero-order valence-electron chi connectivity index (χ0n) is 11.6. The summed E-state index contributed by atoms with van der Waals surface area (Å²) in [6.07, 6.45) is 8.79. The van der Waals surface area contributed by atoms with Crippen LogP contribution in [-0.2, 0) is 0 Å². The number of hydrogen-bond acceptors (Lipinski definition) is 2. The van der Waals surface area contributed by atoms with Gasteiger partial charge in [-0.2, -0.15) is 11.8 Å². The normalized spacial score (nSPS) is 25.2. The second-order valence-electron chi connectivity index (χ2n) is 5.29. The Morgan fingerprint density at radius 3 is 2.67 bits per heavy atom. The molecule has 1 fully saturated rings. The summed E-state index contributed by atoms with van der Waals surface area (Å²) in [5, 5.41) is 4.76. The lowest BCUT2D eigenvalue weighted by molar-refractivity contribution is 0.417. The quantitative estimate of drug-likeness (QED) is 0.816. The largest absolute Gasteiger partial charge is 0.307 e. The molecule has 1 aromatic carbocycles. The molecule has 18 heavy (non-hydrogen) atoms. The van der Waals surface area contributed by atoms with Gasteiger partial charge >= 0.3 is 0 Å². The van der Waals surface area contributed by atoms with Gasteiger partial charge in [0.25, 0.3) is 0 Å². The standard InChI is InChI=1S/C16H25NS/c1-3-7-16(13-8-5-4-6-9-13)17-14-10-11-15(12-14)18-2/h4-6,8-9,14-17H,3,7,10-12H2,1-2H3. The molecule has 1 nitrogen and oxygen atoms in total. The van der Waals surface area contributed by atoms with Crippen molar-refractivity contribution in [2.24, 2.45) is 0 Å². The smallest absolute Gasteiger partial charge is 0.0322 e. The molecule has 0 saturated heterocycles. The lowest BCUT2D eigenvalue weighted by atomic mass is 10.0. The molecule has 3 atom stereocenters. The topological polar surface area (TPSA) is 12.0 Å². The molecule has 1 N–H and O–H groups in total. The van der Waals surface area contributed by atoms with Gasteiger partial charge in [-0.1, -0.05) is 43.7 Å². The average molecular weight is 263 g/mol. The average Bonchev–Trinajstić information content (AvgIpc) is 2.87. The zero-order valence-corrected chi connectivity index (χ0v) is 12.4. The van der Waals surface area contributed by atoms with Gasteiger partial charge in [-0.05, 0) is 37.5 Å². The Balaban J connectivity index is 1.95. The minimum absolute atomic E-state index is 0.543. The first kappa shape index (κ1) is 14.0. The van der Waals surface area contributed by atoms with Gasteiger partial charge in [0.15, 0.2) is 0 Å². The van der Waals surface area contributed by atoms with Crippen molar-refractivity contribution in [1.82, 2.24) is 5.32 Å². The number of benzene rings is 1. The van der Waals surface area contributed by atoms with Gasteiger partial charge in [-0.25, -0.2) is 0 Å². The van der Waals surface area contributed by atoms with E-state index in [4.69, 9.17) is 0 Å². The van der Waals surface area contributed by atoms with Crippen LogP contribution in [0.25, 0.3) is 0 Å². The Bertz CT molecular complexity index is 338. The fourth-order valence-corrected chi connectivity index (χ4v) is 3.71. The van der Waals surface area contributed by atoms with Gasteiger partial charge in [0.2, 0.25) is 0 Å². The highest BCUT2D eigenvalue weighted by Gasteiger charge is 2.25. The predicted octanol–water partition coefficient (Wildman–Crippen LogP) is 4.40. The minimum Gasteiger partial charge on any atom is -0.307 e. The second kappa shape index (κ2) is 7.20. The van der Waals surface area contributed by atoms with E-state index >= 15 is 0 Å². The van der Waals surface area contributed by atoms with Crippen LogP contribution in [0.2, 0.25) is 0 Å². The molecule has 0 radical (unpaired) electrons. The molecule has 0 aromatic heterocycles. The third-order valence-electron chi connectivity index (χ3n) is 3.93. The summed E-state index contributed by atoms with van der Waals surface area (Å²) in [7, 11) is 0. The Labute approximate surface area is 116 Å². The number of rotatable bonds is 6. The molecule has 0 bridgehead atoms. The maximum absolute atomic E-state index is 3.88. The first-order valence-corrected chi connectivity index (χ1v) is 8.46. The third kappa shape index (κ3) is 3.76. The molecule has 2 rings (SSSR count). The molecular weight excluding hydrogens is 238 g/mol. The molecular formula is C16H25NS. The fraction of sp³-hybridized carbons (Fsp3) is 0.625. The summed E-state index contributed by atoms with van der Waals surface area (Å²) in [6, 6.07) is 12.2. The van der Waals surface area contributed by atoms with Crippen LogP contribution >= 0.6 is 11.8 Å². The molecule has 0 aliphatic heterocycles. The highest BCUT2D eigenvalue weighted by atomic mass is 32.2. The summed E-state index contributed by atoms with van der Waals surface area (Å²) in [6.45, 7) is 2.27. The van der Waals surface area contributed by atoms with Crippen LogP contribution < -0.4 is 5.32 Å². The van der Waals surface area contributed by atoms with Gasteiger partial charge in [-0.3, -0.25) is 0 Å². The molecule has 1 aliphatic rings. The van der Waals surface area contributed by atoms with E-state index in [0.29, 0.717) is 6.04 Å². The minimum atomic E-state index is 0.543. The van der Waals surface area contributed by atoms with Gasteiger partial charge < -0.3 is 5.32 Å². The van der Waals surface area contributed by atoms with Crippen LogP contribution in [-0.4, -0.2) is 17.5 Å². The van der Waals surface area contributed by atoms with Gasteiger partial charge in [0.1, 0.15) is 0 Å². The van der Waals surface area contributed by atoms with Crippen molar-refractivity contribution in [2.75, 3.05) is 6.26 Å². The Morgan fingerprint density at radius 1 is 1.28 bits per heavy atom. The van der Waals surface area contributed by atoms with E-state index in [0.717, 1.165) is 11.3 Å². The van der Waals surface area contributed by atoms with E-state index in [1.54, 1.807) is 0 Å². The van der Waals surface area contributed by atoms with Crippen LogP contribution in [0.3, 0.4) is 0 Å². The van der Waals surface area contributed by atoms with Crippen LogP contribution in [0, 0.1) is 0 Å². The van der Waals surface area contributed by atoms with Crippen molar-refractivity contribution in [1.29, 1.82) is 0 Å². The van der Waals surface area contributed by atoms with Crippen LogP contribution in [0.5, 0.6) is 0 Å². The Hall–Kier alpha value is -0.470. The monoisotopic (exact) mass is 263 g/mol. The first-order valence-electron chi connectivity index (χ1n) is 7.17. The Kier molecular flexibility index (Phi) is 5.58. The van der Waals surface area contributed by atoms with Crippen molar-refractivity contribution in [3.05, 3.63) is 35.9 Å². The predicted molar refractivity (Wildman–Crippen MR) is 82.2 cm³/mol. The van der Waals surface area contributed by atoms with Crippen LogP contribution in [0.1, 0.15) is 50.6 Å². The molecule has 0 amide bonds. The van der Waals surface area contributed by atoms with E-state index in [-0.39, 0.29) is 0 Å². The molecule has 0 spiro atoms. The molecule has 2 heteroatoms. The lowest BCUT2D eigenvalue weighted by Crippen LogP contribution is -2.31. The maximum atomic E-state index is 3.88. The van der Waals surface area contributed by atoms with Crippen molar-refractivity contribution in [3.8, 4) is 0 Å². The molecule has 1 saturated carbocycles. The molecule has 100 valence electrons. The van der Waals surface area contributed by atoms with Gasteiger partial charge in [0.05, 0.1) is 0 Å². The number of thioether (sulfide) groups is 1. The SMILES string of the molecule is CCCC(NC1CCC(SC)C1)c1ccccc1. The Morgan fingerprint density at radius 2 is 2.06 bits per heavy atom. The van der Waals surface area contributed by atoms with E-state index in [9.17, 15) is 0 Å². The van der Waals surface area contributed by atoms with E-state index in [2.05, 4.69) is 48.8 Å². The lowest BCUT2D eigenvalue weighted by Gasteiger charge is -2.23. The van der Waals surface area contributed by atoms with Crippen LogP contribution in [0.4, 0.5) is 0 Å². The summed E-state index contributed by atoms with van der Waals surface area (Å²) in [4.78, 5) is 0. The second-order valence-corrected chi connectivity index (χ2v) is 6.42. The number of nitrogens with one attached hydrogen (secondary N) is 1. The summed E-state index contributed by atoms with van der Waals surface area (Å²) in [5.74, 6) is 0. The summed E-state index contributed by atoms with van der Waals surface area (Å²) >= 11 is 2.03. The summed E-state index contributed by atoms with van der Waals surface area (Å²) in [5.41, 5.74) is 1.45. The van der Waals surface area contributed by atoms with Gasteiger partial charge in [-0.15, -0.1) is 0 Å². The maximum Gasteiger partial charge on any atom is 0.0322 e. The fourth-order valence-electron chi connectivity index (χ4n) is 2.91. The van der Waals surface area contributed by atoms with Crippen molar-refractivity contribution in [2.45, 2.75) is 56.4 Å². The number of hydrogen-bond donors (Lipinski definition) is 1. The molecule has 0 heterocycles. The molecule has 1 aliphatic carbocycles. The van der Waals surface area contributed by atoms with E-state index in [1.165, 1.54) is 37.7 Å². The molecule has 1 aromatic rings. The third-order valence-corrected chi connectivity index (χ3v) is 5.03. The molecule has 3 unspecified atom stereocenters. The van der Waals surface area contributed by atoms with Crippen molar-refractivity contribution < 1.29 is 0 Å². The van der Waals surface area contributed by atoms with Crippen LogP contribution in [0.15, 0.2) is 30.3 Å². The highest BCUT2D eigenvalue weighted by molar-refractivity contribution is 7.99. The van der Waals surface area contributed by atoms with Crippen molar-refractivity contribution >= 4 is 11.8 Å². The van der Waals surface area contributed by atoms with E-state index < -0.39 is 0 Å². The van der Waals surface area contributed by atoms with Gasteiger partial charge in [0, 0.05) is 17.3 Å².